The monoisotopic (exact) mass is 262 g/mol. The van der Waals surface area contributed by atoms with Crippen LogP contribution in [0.3, 0.4) is 0 Å². The molecule has 0 saturated carbocycles. The van der Waals surface area contributed by atoms with Gasteiger partial charge in [-0.05, 0) is 23.8 Å². The Balaban J connectivity index is 1.82. The van der Waals surface area contributed by atoms with Crippen molar-refractivity contribution in [2.45, 2.75) is 18.6 Å². The third kappa shape index (κ3) is 2.09. The van der Waals surface area contributed by atoms with Crippen LogP contribution in [0.15, 0.2) is 18.2 Å². The van der Waals surface area contributed by atoms with Crippen LogP contribution in [0.1, 0.15) is 15.9 Å². The maximum atomic E-state index is 12.2. The van der Waals surface area contributed by atoms with E-state index < -0.39 is 12.2 Å². The minimum atomic E-state index is -0.887. The van der Waals surface area contributed by atoms with E-state index in [-0.39, 0.29) is 31.3 Å². The Labute approximate surface area is 109 Å². The maximum Gasteiger partial charge on any atom is 0.254 e. The fraction of sp³-hybridized carbons (Fsp3) is 0.385. The number of β-amino-alcohol motifs (C(OH)–C–C–N with tert-alkyl or cyclic N) is 2. The van der Waals surface area contributed by atoms with E-state index in [4.69, 9.17) is 0 Å². The van der Waals surface area contributed by atoms with Crippen molar-refractivity contribution in [3.05, 3.63) is 29.3 Å². The maximum absolute atomic E-state index is 12.2. The first-order chi connectivity index (χ1) is 9.04. The summed E-state index contributed by atoms with van der Waals surface area (Å²) in [5.41, 5.74) is 2.01. The molecular weight excluding hydrogens is 248 g/mol. The number of carbonyl (C=O) groups excluding carboxylic acids is 2. The zero-order chi connectivity index (χ0) is 13.6. The normalized spacial score (nSPS) is 25.4. The lowest BCUT2D eigenvalue weighted by Gasteiger charge is -2.15. The summed E-state index contributed by atoms with van der Waals surface area (Å²) in [5.74, 6) is -0.315. The predicted molar refractivity (Wildman–Crippen MR) is 66.7 cm³/mol. The summed E-state index contributed by atoms with van der Waals surface area (Å²) >= 11 is 0. The Kier molecular flexibility index (Phi) is 2.76. The van der Waals surface area contributed by atoms with Gasteiger partial charge in [-0.25, -0.2) is 0 Å². The van der Waals surface area contributed by atoms with Crippen molar-refractivity contribution < 1.29 is 19.8 Å². The molecule has 3 N–H and O–H groups in total. The number of anilines is 1. The zero-order valence-electron chi connectivity index (χ0n) is 10.2. The number of nitrogens with zero attached hydrogens (tertiary/aromatic N) is 1. The SMILES string of the molecule is O=C1Cc2cc(C(=O)N3CC(O)C(O)C3)ccc2N1. The van der Waals surface area contributed by atoms with Crippen LogP contribution < -0.4 is 5.32 Å². The summed E-state index contributed by atoms with van der Waals surface area (Å²) in [6.45, 7) is 0.266. The molecule has 100 valence electrons. The molecule has 3 rings (SSSR count). The van der Waals surface area contributed by atoms with Crippen molar-refractivity contribution in [1.29, 1.82) is 0 Å². The molecule has 0 aromatic heterocycles. The molecule has 0 spiro atoms. The van der Waals surface area contributed by atoms with Crippen molar-refractivity contribution in [2.24, 2.45) is 0 Å². The molecule has 0 radical (unpaired) electrons. The second-order valence-corrected chi connectivity index (χ2v) is 4.94. The van der Waals surface area contributed by atoms with E-state index in [1.54, 1.807) is 18.2 Å². The highest BCUT2D eigenvalue weighted by atomic mass is 16.3. The van der Waals surface area contributed by atoms with Crippen LogP contribution in [0.2, 0.25) is 0 Å². The summed E-state index contributed by atoms with van der Waals surface area (Å²) in [7, 11) is 0. The van der Waals surface area contributed by atoms with Gasteiger partial charge in [0.15, 0.2) is 0 Å². The van der Waals surface area contributed by atoms with Gasteiger partial charge in [0.05, 0.1) is 18.6 Å². The van der Waals surface area contributed by atoms with Crippen molar-refractivity contribution in [2.75, 3.05) is 18.4 Å². The van der Waals surface area contributed by atoms with Gasteiger partial charge < -0.3 is 20.4 Å². The molecule has 2 aliphatic heterocycles. The molecule has 6 nitrogen and oxygen atoms in total. The van der Waals surface area contributed by atoms with Crippen LogP contribution in [-0.2, 0) is 11.2 Å². The molecule has 2 heterocycles. The summed E-state index contributed by atoms with van der Waals surface area (Å²) < 4.78 is 0. The van der Waals surface area contributed by atoms with Crippen LogP contribution in [0.25, 0.3) is 0 Å². The van der Waals surface area contributed by atoms with E-state index in [0.717, 1.165) is 11.3 Å². The van der Waals surface area contributed by atoms with Crippen molar-refractivity contribution >= 4 is 17.5 Å². The van der Waals surface area contributed by atoms with Crippen LogP contribution in [0, 0.1) is 0 Å². The van der Waals surface area contributed by atoms with Crippen LogP contribution in [0.4, 0.5) is 5.69 Å². The van der Waals surface area contributed by atoms with Gasteiger partial charge in [0, 0.05) is 24.3 Å². The first-order valence-corrected chi connectivity index (χ1v) is 6.13. The summed E-state index contributed by atoms with van der Waals surface area (Å²) in [6.07, 6.45) is -1.50. The number of nitrogens with one attached hydrogen (secondary N) is 1. The van der Waals surface area contributed by atoms with Crippen LogP contribution in [0.5, 0.6) is 0 Å². The number of hydrogen-bond donors (Lipinski definition) is 3. The Hall–Kier alpha value is -1.92. The summed E-state index contributed by atoms with van der Waals surface area (Å²) in [5, 5.41) is 21.6. The Bertz CT molecular complexity index is 548. The molecule has 2 aliphatic rings. The molecule has 1 aromatic carbocycles. The average Bonchev–Trinajstić information content (AvgIpc) is 2.90. The van der Waals surface area contributed by atoms with Gasteiger partial charge in [0.2, 0.25) is 5.91 Å². The number of hydrogen-bond acceptors (Lipinski definition) is 4. The molecule has 6 heteroatoms. The van der Waals surface area contributed by atoms with E-state index in [1.807, 2.05) is 0 Å². The van der Waals surface area contributed by atoms with Gasteiger partial charge in [0.25, 0.3) is 5.91 Å². The highest BCUT2D eigenvalue weighted by Gasteiger charge is 2.33. The van der Waals surface area contributed by atoms with E-state index >= 15 is 0 Å². The van der Waals surface area contributed by atoms with Crippen molar-refractivity contribution in [1.82, 2.24) is 4.90 Å². The van der Waals surface area contributed by atoms with E-state index in [9.17, 15) is 19.8 Å². The number of amides is 2. The minimum absolute atomic E-state index is 0.0772. The van der Waals surface area contributed by atoms with Crippen molar-refractivity contribution in [3.8, 4) is 0 Å². The first kappa shape index (κ1) is 12.1. The first-order valence-electron chi connectivity index (χ1n) is 6.13. The molecule has 19 heavy (non-hydrogen) atoms. The Morgan fingerprint density at radius 1 is 1.26 bits per heavy atom. The Morgan fingerprint density at radius 2 is 1.95 bits per heavy atom. The topological polar surface area (TPSA) is 89.9 Å². The molecule has 1 fully saturated rings. The van der Waals surface area contributed by atoms with E-state index in [0.29, 0.717) is 5.56 Å². The fourth-order valence-corrected chi connectivity index (χ4v) is 2.48. The van der Waals surface area contributed by atoms with Gasteiger partial charge in [-0.2, -0.15) is 0 Å². The van der Waals surface area contributed by atoms with Crippen LogP contribution >= 0.6 is 0 Å². The lowest BCUT2D eigenvalue weighted by molar-refractivity contribution is -0.115. The van der Waals surface area contributed by atoms with Gasteiger partial charge in [-0.1, -0.05) is 0 Å². The number of aliphatic hydroxyl groups is 2. The molecule has 0 bridgehead atoms. The van der Waals surface area contributed by atoms with Gasteiger partial charge in [-0.15, -0.1) is 0 Å². The number of aliphatic hydroxyl groups excluding tert-OH is 2. The second-order valence-electron chi connectivity index (χ2n) is 4.94. The minimum Gasteiger partial charge on any atom is -0.388 e. The molecule has 0 aliphatic carbocycles. The largest absolute Gasteiger partial charge is 0.388 e. The number of likely N-dealkylation sites (tertiary alicyclic amines) is 1. The zero-order valence-corrected chi connectivity index (χ0v) is 10.2. The average molecular weight is 262 g/mol. The smallest absolute Gasteiger partial charge is 0.254 e. The number of carbonyl (C=O) groups is 2. The third-order valence-electron chi connectivity index (χ3n) is 3.52. The highest BCUT2D eigenvalue weighted by Crippen LogP contribution is 2.25. The molecule has 1 saturated heterocycles. The number of benzene rings is 1. The van der Waals surface area contributed by atoms with Gasteiger partial charge >= 0.3 is 0 Å². The molecular formula is C13H14N2O4. The molecule has 2 amide bonds. The Morgan fingerprint density at radius 3 is 2.63 bits per heavy atom. The number of fused-ring (bicyclic) bond motifs is 1. The lowest BCUT2D eigenvalue weighted by atomic mass is 10.1. The number of rotatable bonds is 1. The van der Waals surface area contributed by atoms with Gasteiger partial charge in [-0.3, -0.25) is 9.59 Å². The van der Waals surface area contributed by atoms with E-state index in [2.05, 4.69) is 5.32 Å². The molecule has 2 atom stereocenters. The highest BCUT2D eigenvalue weighted by molar-refractivity contribution is 6.01. The summed E-state index contributed by atoms with van der Waals surface area (Å²) in [4.78, 5) is 24.9. The lowest BCUT2D eigenvalue weighted by Crippen LogP contribution is -2.29. The van der Waals surface area contributed by atoms with Crippen molar-refractivity contribution in [3.63, 3.8) is 0 Å². The second kappa shape index (κ2) is 4.32. The fourth-order valence-electron chi connectivity index (χ4n) is 2.48. The van der Waals surface area contributed by atoms with Crippen LogP contribution in [-0.4, -0.2) is 52.2 Å². The van der Waals surface area contributed by atoms with E-state index in [1.165, 1.54) is 4.90 Å². The summed E-state index contributed by atoms with van der Waals surface area (Å²) in [6, 6.07) is 5.03. The predicted octanol–water partition coefficient (Wildman–Crippen LogP) is -0.641. The molecule has 2 unspecified atom stereocenters. The quantitative estimate of drug-likeness (QED) is 0.628. The standard InChI is InChI=1S/C13H14N2O4/c16-10-5-15(6-11(10)17)13(19)7-1-2-9-8(3-7)4-12(18)14-9/h1-3,10-11,16-17H,4-6H2,(H,14,18). The van der Waals surface area contributed by atoms with Gasteiger partial charge in [0.1, 0.15) is 0 Å². The molecule has 1 aromatic rings. The third-order valence-corrected chi connectivity index (χ3v) is 3.52.